The summed E-state index contributed by atoms with van der Waals surface area (Å²) in [7, 11) is 0. The van der Waals surface area contributed by atoms with Crippen LogP contribution in [0.25, 0.3) is 0 Å². The maximum absolute atomic E-state index is 12.9. The lowest BCUT2D eigenvalue weighted by molar-refractivity contribution is 0.0907. The van der Waals surface area contributed by atoms with E-state index in [1.54, 1.807) is 18.2 Å². The Labute approximate surface area is 157 Å². The van der Waals surface area contributed by atoms with E-state index in [2.05, 4.69) is 9.80 Å². The minimum Gasteiger partial charge on any atom is -0.375 e. The molecular formula is C19H21Cl2FN2O. The second-order valence-electron chi connectivity index (χ2n) is 6.10. The van der Waals surface area contributed by atoms with Crippen molar-refractivity contribution in [3.05, 3.63) is 63.9 Å². The predicted octanol–water partition coefficient (Wildman–Crippen LogP) is 4.47. The smallest absolute Gasteiger partial charge is 0.123 e. The van der Waals surface area contributed by atoms with Crippen molar-refractivity contribution < 1.29 is 9.13 Å². The molecule has 1 saturated heterocycles. The maximum atomic E-state index is 12.9. The molecule has 0 amide bonds. The van der Waals surface area contributed by atoms with Crippen LogP contribution in [0.1, 0.15) is 5.56 Å². The largest absolute Gasteiger partial charge is 0.375 e. The van der Waals surface area contributed by atoms with Gasteiger partial charge in [-0.3, -0.25) is 4.90 Å². The van der Waals surface area contributed by atoms with Gasteiger partial charge >= 0.3 is 0 Å². The van der Waals surface area contributed by atoms with Crippen LogP contribution >= 0.6 is 23.2 Å². The van der Waals surface area contributed by atoms with E-state index in [9.17, 15) is 4.39 Å². The average molecular weight is 383 g/mol. The number of piperazine rings is 1. The summed E-state index contributed by atoms with van der Waals surface area (Å²) in [6.07, 6.45) is 0. The number of benzene rings is 2. The highest BCUT2D eigenvalue weighted by atomic mass is 35.5. The molecule has 25 heavy (non-hydrogen) atoms. The molecule has 0 spiro atoms. The first-order chi connectivity index (χ1) is 12.1. The molecule has 2 aromatic rings. The number of nitrogens with zero attached hydrogens (tertiary/aromatic N) is 2. The standard InChI is InChI=1S/C19H21Cl2FN2O/c20-16-3-6-19(18(21)13-16)24-9-7-23(8-10-24)11-12-25-14-15-1-4-17(22)5-2-15/h1-6,13H,7-12,14H2. The summed E-state index contributed by atoms with van der Waals surface area (Å²) in [5, 5.41) is 1.36. The second kappa shape index (κ2) is 8.86. The first kappa shape index (κ1) is 18.5. The van der Waals surface area contributed by atoms with Gasteiger partial charge in [0.15, 0.2) is 0 Å². The number of halogens is 3. The summed E-state index contributed by atoms with van der Waals surface area (Å²) in [5.74, 6) is -0.220. The van der Waals surface area contributed by atoms with Gasteiger partial charge in [-0.05, 0) is 35.9 Å². The highest BCUT2D eigenvalue weighted by Gasteiger charge is 2.18. The molecule has 0 unspecified atom stereocenters. The highest BCUT2D eigenvalue weighted by Crippen LogP contribution is 2.29. The number of hydrogen-bond acceptors (Lipinski definition) is 3. The zero-order valence-corrected chi connectivity index (χ0v) is 15.4. The van der Waals surface area contributed by atoms with Gasteiger partial charge < -0.3 is 9.64 Å². The molecule has 0 atom stereocenters. The molecule has 0 radical (unpaired) electrons. The normalized spacial score (nSPS) is 15.6. The topological polar surface area (TPSA) is 15.7 Å². The van der Waals surface area contributed by atoms with Gasteiger partial charge in [0.05, 0.1) is 23.9 Å². The third kappa shape index (κ3) is 5.32. The van der Waals surface area contributed by atoms with Gasteiger partial charge in [0.25, 0.3) is 0 Å². The predicted molar refractivity (Wildman–Crippen MR) is 101 cm³/mol. The summed E-state index contributed by atoms with van der Waals surface area (Å²) in [6, 6.07) is 12.1. The Bertz CT molecular complexity index is 688. The van der Waals surface area contributed by atoms with Gasteiger partial charge in [0.1, 0.15) is 5.82 Å². The van der Waals surface area contributed by atoms with Crippen LogP contribution in [0.4, 0.5) is 10.1 Å². The van der Waals surface area contributed by atoms with Crippen molar-refractivity contribution in [3.63, 3.8) is 0 Å². The van der Waals surface area contributed by atoms with Crippen molar-refractivity contribution >= 4 is 28.9 Å². The Morgan fingerprint density at radius 2 is 1.68 bits per heavy atom. The van der Waals surface area contributed by atoms with Crippen molar-refractivity contribution in [1.29, 1.82) is 0 Å². The minimum absolute atomic E-state index is 0.220. The lowest BCUT2D eigenvalue weighted by Crippen LogP contribution is -2.47. The molecule has 0 aliphatic carbocycles. The molecule has 134 valence electrons. The van der Waals surface area contributed by atoms with E-state index in [1.807, 2.05) is 12.1 Å². The molecular weight excluding hydrogens is 362 g/mol. The quantitative estimate of drug-likeness (QED) is 0.685. The fourth-order valence-electron chi connectivity index (χ4n) is 2.91. The van der Waals surface area contributed by atoms with E-state index < -0.39 is 0 Å². The maximum Gasteiger partial charge on any atom is 0.123 e. The number of anilines is 1. The van der Waals surface area contributed by atoms with Gasteiger partial charge in [-0.1, -0.05) is 35.3 Å². The molecule has 0 bridgehead atoms. The Balaban J connectivity index is 1.38. The van der Waals surface area contributed by atoms with E-state index in [1.165, 1.54) is 12.1 Å². The molecule has 0 N–H and O–H groups in total. The van der Waals surface area contributed by atoms with Crippen LogP contribution in [0.15, 0.2) is 42.5 Å². The number of ether oxygens (including phenoxy) is 1. The van der Waals surface area contributed by atoms with Crippen molar-refractivity contribution in [2.75, 3.05) is 44.2 Å². The number of rotatable bonds is 6. The Kier molecular flexibility index (Phi) is 6.54. The first-order valence-electron chi connectivity index (χ1n) is 8.36. The van der Waals surface area contributed by atoms with Crippen LogP contribution < -0.4 is 4.90 Å². The molecule has 3 nitrogen and oxygen atoms in total. The van der Waals surface area contributed by atoms with Crippen LogP contribution in [-0.4, -0.2) is 44.2 Å². The molecule has 1 fully saturated rings. The molecule has 3 rings (SSSR count). The van der Waals surface area contributed by atoms with Crippen LogP contribution in [0.3, 0.4) is 0 Å². The van der Waals surface area contributed by atoms with Crippen molar-refractivity contribution in [1.82, 2.24) is 4.90 Å². The SMILES string of the molecule is Fc1ccc(COCCN2CCN(c3ccc(Cl)cc3Cl)CC2)cc1. The van der Waals surface area contributed by atoms with Gasteiger partial charge in [0, 0.05) is 37.7 Å². The Morgan fingerprint density at radius 1 is 0.960 bits per heavy atom. The summed E-state index contributed by atoms with van der Waals surface area (Å²) in [4.78, 5) is 4.67. The van der Waals surface area contributed by atoms with Crippen LogP contribution in [0, 0.1) is 5.82 Å². The summed E-state index contributed by atoms with van der Waals surface area (Å²) < 4.78 is 18.5. The first-order valence-corrected chi connectivity index (χ1v) is 9.12. The van der Waals surface area contributed by atoms with E-state index in [0.29, 0.717) is 23.3 Å². The Morgan fingerprint density at radius 3 is 2.36 bits per heavy atom. The van der Waals surface area contributed by atoms with Crippen molar-refractivity contribution in [2.24, 2.45) is 0 Å². The highest BCUT2D eigenvalue weighted by molar-refractivity contribution is 6.36. The lowest BCUT2D eigenvalue weighted by atomic mass is 10.2. The molecule has 1 heterocycles. The van der Waals surface area contributed by atoms with Crippen LogP contribution in [0.2, 0.25) is 10.0 Å². The third-order valence-electron chi connectivity index (χ3n) is 4.36. The summed E-state index contributed by atoms with van der Waals surface area (Å²) in [6.45, 7) is 5.87. The fraction of sp³-hybridized carbons (Fsp3) is 0.368. The van der Waals surface area contributed by atoms with E-state index >= 15 is 0 Å². The van der Waals surface area contributed by atoms with E-state index in [0.717, 1.165) is 44.0 Å². The van der Waals surface area contributed by atoms with Gasteiger partial charge in [0.2, 0.25) is 0 Å². The lowest BCUT2D eigenvalue weighted by Gasteiger charge is -2.36. The molecule has 2 aromatic carbocycles. The second-order valence-corrected chi connectivity index (χ2v) is 6.95. The molecule has 1 aliphatic rings. The minimum atomic E-state index is -0.220. The number of hydrogen-bond donors (Lipinski definition) is 0. The van der Waals surface area contributed by atoms with Crippen LogP contribution in [0.5, 0.6) is 0 Å². The monoisotopic (exact) mass is 382 g/mol. The van der Waals surface area contributed by atoms with Gasteiger partial charge in [-0.25, -0.2) is 4.39 Å². The molecule has 6 heteroatoms. The zero-order valence-electron chi connectivity index (χ0n) is 13.9. The summed E-state index contributed by atoms with van der Waals surface area (Å²) in [5.41, 5.74) is 2.03. The fourth-order valence-corrected chi connectivity index (χ4v) is 3.44. The van der Waals surface area contributed by atoms with Crippen molar-refractivity contribution in [3.8, 4) is 0 Å². The third-order valence-corrected chi connectivity index (χ3v) is 4.89. The average Bonchev–Trinajstić information content (AvgIpc) is 2.61. The van der Waals surface area contributed by atoms with Gasteiger partial charge in [-0.2, -0.15) is 0 Å². The summed E-state index contributed by atoms with van der Waals surface area (Å²) >= 11 is 12.2. The molecule has 0 aromatic heterocycles. The molecule has 1 aliphatic heterocycles. The zero-order chi connectivity index (χ0) is 17.6. The molecule has 0 saturated carbocycles. The van der Waals surface area contributed by atoms with E-state index in [-0.39, 0.29) is 5.82 Å². The van der Waals surface area contributed by atoms with E-state index in [4.69, 9.17) is 27.9 Å². The Hall–Kier alpha value is -1.33. The van der Waals surface area contributed by atoms with Gasteiger partial charge in [-0.15, -0.1) is 0 Å². The van der Waals surface area contributed by atoms with Crippen molar-refractivity contribution in [2.45, 2.75) is 6.61 Å². The van der Waals surface area contributed by atoms with Crippen LogP contribution in [-0.2, 0) is 11.3 Å².